The van der Waals surface area contributed by atoms with Crippen LogP contribution in [-0.4, -0.2) is 29.8 Å². The van der Waals surface area contributed by atoms with E-state index in [9.17, 15) is 4.79 Å². The van der Waals surface area contributed by atoms with Gasteiger partial charge in [0.15, 0.2) is 11.5 Å². The molecule has 134 valence electrons. The Morgan fingerprint density at radius 3 is 2.81 bits per heavy atom. The number of nitriles is 1. The van der Waals surface area contributed by atoms with E-state index in [0.29, 0.717) is 33.6 Å². The average molecular weight is 377 g/mol. The predicted molar refractivity (Wildman–Crippen MR) is 101 cm³/mol. The second-order valence-corrected chi connectivity index (χ2v) is 6.79. The van der Waals surface area contributed by atoms with E-state index >= 15 is 0 Å². The summed E-state index contributed by atoms with van der Waals surface area (Å²) in [7, 11) is 0. The van der Waals surface area contributed by atoms with Crippen LogP contribution in [0.5, 0.6) is 0 Å². The van der Waals surface area contributed by atoms with Crippen molar-refractivity contribution in [1.29, 1.82) is 5.26 Å². The Morgan fingerprint density at radius 1 is 1.26 bits per heavy atom. The van der Waals surface area contributed by atoms with Crippen LogP contribution >= 0.6 is 11.8 Å². The van der Waals surface area contributed by atoms with Gasteiger partial charge in [-0.3, -0.25) is 15.0 Å². The van der Waals surface area contributed by atoms with Gasteiger partial charge < -0.3 is 0 Å². The van der Waals surface area contributed by atoms with E-state index < -0.39 is 0 Å². The highest BCUT2D eigenvalue weighted by atomic mass is 32.2. The van der Waals surface area contributed by atoms with Crippen molar-refractivity contribution in [3.63, 3.8) is 0 Å². The third-order valence-corrected chi connectivity index (χ3v) is 5.00. The molecule has 9 heteroatoms. The molecule has 1 aromatic carbocycles. The van der Waals surface area contributed by atoms with Gasteiger partial charge in [0.2, 0.25) is 5.16 Å². The third kappa shape index (κ3) is 3.35. The number of thioether (sulfide) groups is 1. The number of aryl methyl sites for hydroxylation is 1. The van der Waals surface area contributed by atoms with Crippen molar-refractivity contribution in [1.82, 2.24) is 29.8 Å². The molecule has 8 nitrogen and oxygen atoms in total. The molecule has 0 aliphatic rings. The zero-order valence-electron chi connectivity index (χ0n) is 14.4. The Hall–Kier alpha value is -3.38. The van der Waals surface area contributed by atoms with Crippen molar-refractivity contribution < 1.29 is 0 Å². The molecule has 2 N–H and O–H groups in total. The molecule has 0 spiro atoms. The van der Waals surface area contributed by atoms with E-state index in [4.69, 9.17) is 5.26 Å². The molecule has 0 aliphatic carbocycles. The van der Waals surface area contributed by atoms with E-state index in [1.54, 1.807) is 0 Å². The second-order valence-electron chi connectivity index (χ2n) is 5.85. The lowest BCUT2D eigenvalue weighted by Gasteiger charge is -1.99. The number of fused-ring (bicyclic) bond motifs is 1. The van der Waals surface area contributed by atoms with Crippen LogP contribution in [0.25, 0.3) is 17.0 Å². The van der Waals surface area contributed by atoms with Gasteiger partial charge in [-0.25, -0.2) is 14.5 Å². The van der Waals surface area contributed by atoms with Crippen LogP contribution in [-0.2, 0) is 12.2 Å². The van der Waals surface area contributed by atoms with Crippen LogP contribution in [0.1, 0.15) is 23.7 Å². The molecule has 4 aromatic rings. The number of nitrogens with one attached hydrogen (secondary N) is 2. The SMILES string of the molecule is CCc1ccc(-c2nc(SCc3cc(=O)n4[nH]cc(C#N)c4n3)n[nH]2)cc1. The molecule has 0 atom stereocenters. The minimum Gasteiger partial charge on any atom is -0.295 e. The lowest BCUT2D eigenvalue weighted by molar-refractivity contribution is 0.887. The summed E-state index contributed by atoms with van der Waals surface area (Å²) in [4.78, 5) is 21.0. The van der Waals surface area contributed by atoms with Crippen LogP contribution in [0.15, 0.2) is 46.5 Å². The summed E-state index contributed by atoms with van der Waals surface area (Å²) in [5.74, 6) is 1.12. The van der Waals surface area contributed by atoms with Crippen molar-refractivity contribution in [2.24, 2.45) is 0 Å². The summed E-state index contributed by atoms with van der Waals surface area (Å²) in [5, 5.41) is 19.5. The minimum absolute atomic E-state index is 0.260. The molecule has 3 aromatic heterocycles. The number of benzene rings is 1. The van der Waals surface area contributed by atoms with Crippen molar-refractivity contribution in [2.75, 3.05) is 0 Å². The number of hydrogen-bond acceptors (Lipinski definition) is 6. The summed E-state index contributed by atoms with van der Waals surface area (Å²) in [6.07, 6.45) is 2.45. The van der Waals surface area contributed by atoms with Gasteiger partial charge in [-0.1, -0.05) is 43.0 Å². The standard InChI is InChI=1S/C18H15N7OS/c1-2-11-3-5-12(6-4-11)16-22-18(24-23-16)27-10-14-7-15(26)25-17(21-14)13(8-19)9-20-25/h3-7,9,20H,2,10H2,1H3,(H,22,23,24). The zero-order chi connectivity index (χ0) is 18.8. The van der Waals surface area contributed by atoms with E-state index in [-0.39, 0.29) is 5.56 Å². The highest BCUT2D eigenvalue weighted by Crippen LogP contribution is 2.22. The molecular weight excluding hydrogens is 362 g/mol. The fourth-order valence-electron chi connectivity index (χ4n) is 2.66. The second kappa shape index (κ2) is 7.09. The highest BCUT2D eigenvalue weighted by Gasteiger charge is 2.11. The first-order valence-electron chi connectivity index (χ1n) is 8.32. The number of hydrogen-bond donors (Lipinski definition) is 2. The molecule has 0 amide bonds. The molecule has 0 unspecified atom stereocenters. The van der Waals surface area contributed by atoms with Crippen molar-refractivity contribution >= 4 is 17.4 Å². The van der Waals surface area contributed by atoms with E-state index in [2.05, 4.69) is 44.3 Å². The number of H-pyrrole nitrogens is 2. The summed E-state index contributed by atoms with van der Waals surface area (Å²) in [6.45, 7) is 2.11. The smallest absolute Gasteiger partial charge is 0.272 e. The number of rotatable bonds is 5. The van der Waals surface area contributed by atoms with Gasteiger partial charge in [0.1, 0.15) is 11.6 Å². The number of aromatic nitrogens is 6. The van der Waals surface area contributed by atoms with Crippen molar-refractivity contribution in [2.45, 2.75) is 24.3 Å². The van der Waals surface area contributed by atoms with Gasteiger partial charge in [-0.15, -0.1) is 5.10 Å². The van der Waals surface area contributed by atoms with Crippen LogP contribution < -0.4 is 5.56 Å². The van der Waals surface area contributed by atoms with Crippen molar-refractivity contribution in [3.05, 3.63) is 63.7 Å². The van der Waals surface area contributed by atoms with Gasteiger partial charge in [0.05, 0.1) is 5.69 Å². The third-order valence-electron chi connectivity index (χ3n) is 4.12. The topological polar surface area (TPSA) is 116 Å². The molecule has 0 aliphatic heterocycles. The summed E-state index contributed by atoms with van der Waals surface area (Å²) >= 11 is 1.37. The zero-order valence-corrected chi connectivity index (χ0v) is 15.2. The van der Waals surface area contributed by atoms with Crippen molar-refractivity contribution in [3.8, 4) is 17.5 Å². The maximum Gasteiger partial charge on any atom is 0.272 e. The summed E-state index contributed by atoms with van der Waals surface area (Å²) < 4.78 is 1.25. The molecule has 0 fully saturated rings. The Labute approximate surface area is 158 Å². The first-order valence-corrected chi connectivity index (χ1v) is 9.31. The molecule has 0 saturated heterocycles. The predicted octanol–water partition coefficient (Wildman–Crippen LogP) is 2.53. The fraction of sp³-hybridized carbons (Fsp3) is 0.167. The molecule has 0 radical (unpaired) electrons. The molecular formula is C18H15N7OS. The lowest BCUT2D eigenvalue weighted by atomic mass is 10.1. The van der Waals surface area contributed by atoms with Crippen LogP contribution in [0.4, 0.5) is 0 Å². The normalized spacial score (nSPS) is 11.0. The number of aromatic amines is 2. The molecule has 4 rings (SSSR count). The van der Waals surface area contributed by atoms with Crippen LogP contribution in [0.3, 0.4) is 0 Å². The highest BCUT2D eigenvalue weighted by molar-refractivity contribution is 7.98. The van der Waals surface area contributed by atoms with E-state index in [1.807, 2.05) is 18.2 Å². The van der Waals surface area contributed by atoms with E-state index in [1.165, 1.54) is 34.1 Å². The summed E-state index contributed by atoms with van der Waals surface area (Å²) in [5.41, 5.74) is 3.20. The van der Waals surface area contributed by atoms with Gasteiger partial charge in [0, 0.05) is 23.6 Å². The lowest BCUT2D eigenvalue weighted by Crippen LogP contribution is -2.15. The monoisotopic (exact) mass is 377 g/mol. The Bertz CT molecular complexity index is 1200. The van der Waals surface area contributed by atoms with Gasteiger partial charge >= 0.3 is 0 Å². The Balaban J connectivity index is 1.52. The molecule has 3 heterocycles. The van der Waals surface area contributed by atoms with Gasteiger partial charge in [-0.2, -0.15) is 5.26 Å². The number of nitrogens with zero attached hydrogens (tertiary/aromatic N) is 5. The first kappa shape index (κ1) is 17.1. The molecule has 27 heavy (non-hydrogen) atoms. The van der Waals surface area contributed by atoms with E-state index in [0.717, 1.165) is 12.0 Å². The van der Waals surface area contributed by atoms with Crippen LogP contribution in [0.2, 0.25) is 0 Å². The quantitative estimate of drug-likeness (QED) is 0.516. The minimum atomic E-state index is -0.260. The Morgan fingerprint density at radius 2 is 2.07 bits per heavy atom. The van der Waals surface area contributed by atoms with Crippen LogP contribution in [0, 0.1) is 11.3 Å². The molecule has 0 bridgehead atoms. The average Bonchev–Trinajstić information content (AvgIpc) is 3.33. The Kier molecular flexibility index (Phi) is 4.48. The van der Waals surface area contributed by atoms with Gasteiger partial charge in [-0.05, 0) is 12.0 Å². The van der Waals surface area contributed by atoms with Gasteiger partial charge in [0.25, 0.3) is 5.56 Å². The summed E-state index contributed by atoms with van der Waals surface area (Å²) in [6, 6.07) is 11.6. The first-order chi connectivity index (χ1) is 13.2. The maximum atomic E-state index is 12.1. The maximum absolute atomic E-state index is 12.1. The molecule has 0 saturated carbocycles. The largest absolute Gasteiger partial charge is 0.295 e. The fourth-order valence-corrected chi connectivity index (χ4v) is 3.35.